The zero-order valence-electron chi connectivity index (χ0n) is 17.0. The molecule has 0 fully saturated rings. The molecule has 2 aromatic rings. The number of nitrogens with one attached hydrogen (secondary N) is 1. The van der Waals surface area contributed by atoms with Crippen LogP contribution in [0.15, 0.2) is 48.7 Å². The fraction of sp³-hybridized carbons (Fsp3) is 0.391. The lowest BCUT2D eigenvalue weighted by atomic mass is 9.83. The van der Waals surface area contributed by atoms with Crippen molar-refractivity contribution in [2.45, 2.75) is 52.9 Å². The van der Waals surface area contributed by atoms with Gasteiger partial charge in [-0.15, -0.1) is 0 Å². The van der Waals surface area contributed by atoms with E-state index in [4.69, 9.17) is 10.4 Å². The van der Waals surface area contributed by atoms with Crippen molar-refractivity contribution in [1.82, 2.24) is 9.88 Å². The van der Waals surface area contributed by atoms with Crippen molar-refractivity contribution < 1.29 is 0 Å². The first-order chi connectivity index (χ1) is 12.2. The molecule has 138 valence electrons. The van der Waals surface area contributed by atoms with E-state index in [0.29, 0.717) is 5.84 Å². The van der Waals surface area contributed by atoms with Crippen molar-refractivity contribution in [3.63, 3.8) is 0 Å². The Morgan fingerprint density at radius 3 is 2.54 bits per heavy atom. The van der Waals surface area contributed by atoms with Crippen LogP contribution in [0, 0.1) is 12.3 Å². The number of amidine groups is 1. The Balaban J connectivity index is 2.38. The zero-order valence-corrected chi connectivity index (χ0v) is 17.0. The monoisotopic (exact) mass is 349 g/mol. The van der Waals surface area contributed by atoms with Gasteiger partial charge in [0, 0.05) is 29.4 Å². The molecule has 0 unspecified atom stereocenters. The summed E-state index contributed by atoms with van der Waals surface area (Å²) >= 11 is 0. The molecular formula is C23H31N3. The number of nitrogens with zero attached hydrogens (tertiary/aromatic N) is 2. The first-order valence-electron chi connectivity index (χ1n) is 9.20. The highest BCUT2D eigenvalue weighted by atomic mass is 15.1. The molecule has 0 aliphatic carbocycles. The van der Waals surface area contributed by atoms with E-state index in [1.807, 2.05) is 11.9 Å². The van der Waals surface area contributed by atoms with Crippen LogP contribution < -0.4 is 0 Å². The van der Waals surface area contributed by atoms with Crippen LogP contribution in [0.1, 0.15) is 50.9 Å². The highest BCUT2D eigenvalue weighted by Crippen LogP contribution is 2.32. The summed E-state index contributed by atoms with van der Waals surface area (Å²) in [6, 6.07) is 12.9. The van der Waals surface area contributed by atoms with Crippen LogP contribution in [0.4, 0.5) is 0 Å². The minimum absolute atomic E-state index is 0.160. The summed E-state index contributed by atoms with van der Waals surface area (Å²) in [6.45, 7) is 14.6. The van der Waals surface area contributed by atoms with Crippen LogP contribution in [0.25, 0.3) is 11.3 Å². The van der Waals surface area contributed by atoms with Gasteiger partial charge in [-0.05, 0) is 50.5 Å². The van der Waals surface area contributed by atoms with Gasteiger partial charge in [0.15, 0.2) is 0 Å². The molecule has 26 heavy (non-hydrogen) atoms. The Kier molecular flexibility index (Phi) is 6.01. The molecule has 2 rings (SSSR count). The lowest BCUT2D eigenvalue weighted by molar-refractivity contribution is 0.449. The fourth-order valence-corrected chi connectivity index (χ4v) is 3.16. The fourth-order valence-electron chi connectivity index (χ4n) is 3.16. The molecule has 0 aliphatic rings. The van der Waals surface area contributed by atoms with E-state index in [9.17, 15) is 0 Å². The van der Waals surface area contributed by atoms with Gasteiger partial charge < -0.3 is 4.90 Å². The third-order valence-electron chi connectivity index (χ3n) is 4.99. The average molecular weight is 350 g/mol. The zero-order chi connectivity index (χ0) is 19.5. The minimum atomic E-state index is -0.160. The Morgan fingerprint density at radius 1 is 1.23 bits per heavy atom. The standard InChI is InChI=1S/C23H31N3/c1-8-19-13-12-16(2)14-20(19)21-10-9-11-22(25-21)23(5,6)15-17(3)26(7)18(4)24/h9-14,24H,3,8,15H2,1-2,4-7H3. The van der Waals surface area contributed by atoms with Crippen molar-refractivity contribution in [2.24, 2.45) is 0 Å². The maximum Gasteiger partial charge on any atom is 0.0965 e. The number of aromatic nitrogens is 1. The highest BCUT2D eigenvalue weighted by Gasteiger charge is 2.25. The summed E-state index contributed by atoms with van der Waals surface area (Å²) in [7, 11) is 1.89. The van der Waals surface area contributed by atoms with Crippen molar-refractivity contribution in [2.75, 3.05) is 7.05 Å². The topological polar surface area (TPSA) is 40.0 Å². The van der Waals surface area contributed by atoms with Crippen LogP contribution in [0.3, 0.4) is 0 Å². The van der Waals surface area contributed by atoms with Crippen molar-refractivity contribution >= 4 is 5.84 Å². The second kappa shape index (κ2) is 7.86. The van der Waals surface area contributed by atoms with Crippen LogP contribution in [0.2, 0.25) is 0 Å². The molecule has 0 saturated carbocycles. The molecule has 0 aliphatic heterocycles. The largest absolute Gasteiger partial charge is 0.338 e. The first kappa shape index (κ1) is 19.9. The molecule has 0 bridgehead atoms. The van der Waals surface area contributed by atoms with Gasteiger partial charge in [0.1, 0.15) is 0 Å². The van der Waals surface area contributed by atoms with Gasteiger partial charge in [-0.2, -0.15) is 0 Å². The van der Waals surface area contributed by atoms with E-state index in [2.05, 4.69) is 70.7 Å². The predicted octanol–water partition coefficient (Wildman–Crippen LogP) is 5.73. The molecule has 1 aromatic carbocycles. The summed E-state index contributed by atoms with van der Waals surface area (Å²) in [5.41, 5.74) is 6.64. The third-order valence-corrected chi connectivity index (χ3v) is 4.99. The molecule has 0 radical (unpaired) electrons. The number of hydrogen-bond acceptors (Lipinski definition) is 2. The highest BCUT2D eigenvalue weighted by molar-refractivity contribution is 5.77. The molecule has 3 heteroatoms. The van der Waals surface area contributed by atoms with Crippen LogP contribution in [0.5, 0.6) is 0 Å². The van der Waals surface area contributed by atoms with Gasteiger partial charge in [-0.25, -0.2) is 0 Å². The number of benzene rings is 1. The Bertz CT molecular complexity index is 818. The molecule has 1 aromatic heterocycles. The number of pyridine rings is 1. The average Bonchev–Trinajstić information content (AvgIpc) is 2.60. The molecule has 0 saturated heterocycles. The van der Waals surface area contributed by atoms with E-state index in [1.165, 1.54) is 16.7 Å². The number of aryl methyl sites for hydroxylation is 2. The lowest BCUT2D eigenvalue weighted by Crippen LogP contribution is -2.28. The number of hydrogen-bond donors (Lipinski definition) is 1. The normalized spacial score (nSPS) is 11.3. The van der Waals surface area contributed by atoms with Gasteiger partial charge in [0.2, 0.25) is 0 Å². The van der Waals surface area contributed by atoms with E-state index in [0.717, 1.165) is 29.9 Å². The van der Waals surface area contributed by atoms with E-state index < -0.39 is 0 Å². The Hall–Kier alpha value is -2.42. The van der Waals surface area contributed by atoms with E-state index >= 15 is 0 Å². The molecule has 3 nitrogen and oxygen atoms in total. The van der Waals surface area contributed by atoms with Crippen molar-refractivity contribution in [1.29, 1.82) is 5.41 Å². The Labute approximate surface area is 158 Å². The summed E-state index contributed by atoms with van der Waals surface area (Å²) < 4.78 is 0. The van der Waals surface area contributed by atoms with Gasteiger partial charge in [-0.3, -0.25) is 10.4 Å². The molecule has 1 N–H and O–H groups in total. The lowest BCUT2D eigenvalue weighted by Gasteiger charge is -2.30. The second-order valence-electron chi connectivity index (χ2n) is 7.69. The van der Waals surface area contributed by atoms with E-state index in [1.54, 1.807) is 6.92 Å². The van der Waals surface area contributed by atoms with Gasteiger partial charge in [-0.1, -0.05) is 51.1 Å². The molecule has 0 spiro atoms. The Morgan fingerprint density at radius 2 is 1.92 bits per heavy atom. The summed E-state index contributed by atoms with van der Waals surface area (Å²) in [5, 5.41) is 7.80. The summed E-state index contributed by atoms with van der Waals surface area (Å²) in [4.78, 5) is 6.84. The molecule has 0 atom stereocenters. The number of rotatable bonds is 6. The molecule has 1 heterocycles. The van der Waals surface area contributed by atoms with Crippen LogP contribution in [-0.2, 0) is 11.8 Å². The quantitative estimate of drug-likeness (QED) is 0.534. The predicted molar refractivity (Wildman–Crippen MR) is 112 cm³/mol. The van der Waals surface area contributed by atoms with Crippen LogP contribution >= 0.6 is 0 Å². The SMILES string of the molecule is C=C(CC(C)(C)c1cccc(-c2cc(C)ccc2CC)n1)N(C)C(C)=N. The number of allylic oxidation sites excluding steroid dienone is 1. The van der Waals surface area contributed by atoms with Crippen LogP contribution in [-0.4, -0.2) is 22.8 Å². The minimum Gasteiger partial charge on any atom is -0.338 e. The maximum absolute atomic E-state index is 7.80. The maximum atomic E-state index is 7.80. The summed E-state index contributed by atoms with van der Waals surface area (Å²) in [6.07, 6.45) is 1.75. The van der Waals surface area contributed by atoms with Gasteiger partial charge in [0.25, 0.3) is 0 Å². The summed E-state index contributed by atoms with van der Waals surface area (Å²) in [5.74, 6) is 0.500. The van der Waals surface area contributed by atoms with Gasteiger partial charge in [0.05, 0.1) is 11.5 Å². The van der Waals surface area contributed by atoms with Crippen molar-refractivity contribution in [3.05, 3.63) is 65.5 Å². The smallest absolute Gasteiger partial charge is 0.0965 e. The second-order valence-corrected chi connectivity index (χ2v) is 7.69. The molecular weight excluding hydrogens is 318 g/mol. The third kappa shape index (κ3) is 4.40. The van der Waals surface area contributed by atoms with Crippen molar-refractivity contribution in [3.8, 4) is 11.3 Å². The van der Waals surface area contributed by atoms with Gasteiger partial charge >= 0.3 is 0 Å². The first-order valence-corrected chi connectivity index (χ1v) is 9.20. The molecule has 0 amide bonds. The van der Waals surface area contributed by atoms with E-state index in [-0.39, 0.29) is 5.41 Å².